The molecule has 0 bridgehead atoms. The van der Waals surface area contributed by atoms with Crippen LogP contribution in [0.15, 0.2) is 45.3 Å². The van der Waals surface area contributed by atoms with Crippen LogP contribution in [0.3, 0.4) is 0 Å². The third-order valence-corrected chi connectivity index (χ3v) is 4.80. The molecule has 20 heavy (non-hydrogen) atoms. The zero-order valence-corrected chi connectivity index (χ0v) is 14.8. The molecule has 0 saturated heterocycles. The SMILES string of the molecule is Cc1cccc(C)c1CC(NN)c1cc(Br)ccc1Br. The molecule has 3 N–H and O–H groups in total. The van der Waals surface area contributed by atoms with E-state index in [0.717, 1.165) is 20.9 Å². The molecule has 2 nitrogen and oxygen atoms in total. The summed E-state index contributed by atoms with van der Waals surface area (Å²) >= 11 is 7.12. The Bertz CT molecular complexity index is 591. The van der Waals surface area contributed by atoms with Crippen molar-refractivity contribution in [3.8, 4) is 0 Å². The summed E-state index contributed by atoms with van der Waals surface area (Å²) in [4.78, 5) is 0. The van der Waals surface area contributed by atoms with Gasteiger partial charge in [0.05, 0.1) is 6.04 Å². The molecule has 0 saturated carbocycles. The lowest BCUT2D eigenvalue weighted by atomic mass is 9.93. The molecular formula is C16H18Br2N2. The molecule has 1 atom stereocenters. The van der Waals surface area contributed by atoms with Crippen LogP contribution in [-0.4, -0.2) is 0 Å². The molecule has 0 aliphatic rings. The smallest absolute Gasteiger partial charge is 0.0512 e. The lowest BCUT2D eigenvalue weighted by molar-refractivity contribution is 0.547. The fourth-order valence-electron chi connectivity index (χ4n) is 2.42. The molecule has 0 spiro atoms. The average Bonchev–Trinajstić information content (AvgIpc) is 2.42. The molecular weight excluding hydrogens is 380 g/mol. The van der Waals surface area contributed by atoms with Crippen LogP contribution in [0.4, 0.5) is 0 Å². The van der Waals surface area contributed by atoms with Crippen LogP contribution < -0.4 is 11.3 Å². The molecule has 106 valence electrons. The summed E-state index contributed by atoms with van der Waals surface area (Å²) in [5.74, 6) is 5.79. The summed E-state index contributed by atoms with van der Waals surface area (Å²) in [6.45, 7) is 4.29. The highest BCUT2D eigenvalue weighted by Crippen LogP contribution is 2.30. The van der Waals surface area contributed by atoms with Crippen molar-refractivity contribution in [3.05, 3.63) is 67.6 Å². The van der Waals surface area contributed by atoms with Crippen molar-refractivity contribution in [1.82, 2.24) is 5.43 Å². The van der Waals surface area contributed by atoms with Gasteiger partial charge in [-0.05, 0) is 60.7 Å². The predicted molar refractivity (Wildman–Crippen MR) is 91.5 cm³/mol. The van der Waals surface area contributed by atoms with E-state index in [1.54, 1.807) is 0 Å². The quantitative estimate of drug-likeness (QED) is 0.585. The van der Waals surface area contributed by atoms with Crippen LogP contribution in [0.1, 0.15) is 28.3 Å². The average molecular weight is 398 g/mol. The van der Waals surface area contributed by atoms with Crippen molar-refractivity contribution in [2.45, 2.75) is 26.3 Å². The fourth-order valence-corrected chi connectivity index (χ4v) is 3.32. The molecule has 0 heterocycles. The number of hydrogen-bond donors (Lipinski definition) is 2. The summed E-state index contributed by atoms with van der Waals surface area (Å²) in [5.41, 5.74) is 8.05. The molecule has 0 radical (unpaired) electrons. The predicted octanol–water partition coefficient (Wildman–Crippen LogP) is 4.58. The first-order valence-corrected chi connectivity index (χ1v) is 8.07. The van der Waals surface area contributed by atoms with Crippen molar-refractivity contribution in [3.63, 3.8) is 0 Å². The van der Waals surface area contributed by atoms with Gasteiger partial charge in [-0.15, -0.1) is 0 Å². The zero-order chi connectivity index (χ0) is 14.7. The third-order valence-electron chi connectivity index (χ3n) is 3.59. The lowest BCUT2D eigenvalue weighted by Gasteiger charge is -2.20. The highest BCUT2D eigenvalue weighted by atomic mass is 79.9. The van der Waals surface area contributed by atoms with Gasteiger partial charge in [-0.1, -0.05) is 50.1 Å². The Morgan fingerprint density at radius 1 is 1.10 bits per heavy atom. The molecule has 0 amide bonds. The number of benzene rings is 2. The van der Waals surface area contributed by atoms with Crippen LogP contribution >= 0.6 is 31.9 Å². The first-order chi connectivity index (χ1) is 9.52. The number of hydrazine groups is 1. The second-order valence-corrected chi connectivity index (χ2v) is 6.73. The highest BCUT2D eigenvalue weighted by Gasteiger charge is 2.16. The van der Waals surface area contributed by atoms with Gasteiger partial charge in [0.25, 0.3) is 0 Å². The Labute approximate surface area is 137 Å². The molecule has 2 aromatic carbocycles. The van der Waals surface area contributed by atoms with Crippen LogP contribution in [0.2, 0.25) is 0 Å². The van der Waals surface area contributed by atoms with Gasteiger partial charge in [0.2, 0.25) is 0 Å². The maximum Gasteiger partial charge on any atom is 0.0512 e. The summed E-state index contributed by atoms with van der Waals surface area (Å²) < 4.78 is 2.12. The van der Waals surface area contributed by atoms with Crippen molar-refractivity contribution in [2.24, 2.45) is 5.84 Å². The standard InChI is InChI=1S/C16H18Br2N2/c1-10-4-3-5-11(2)13(10)9-16(20-19)14-8-12(17)6-7-15(14)18/h3-8,16,20H,9,19H2,1-2H3. The zero-order valence-electron chi connectivity index (χ0n) is 11.6. The van der Waals surface area contributed by atoms with Gasteiger partial charge in [-0.3, -0.25) is 11.3 Å². The minimum atomic E-state index is 0.0710. The second kappa shape index (κ2) is 6.85. The molecule has 0 aliphatic carbocycles. The van der Waals surface area contributed by atoms with Crippen LogP contribution in [0.5, 0.6) is 0 Å². The Kier molecular flexibility index (Phi) is 5.38. The fraction of sp³-hybridized carbons (Fsp3) is 0.250. The Balaban J connectivity index is 2.36. The van der Waals surface area contributed by atoms with Gasteiger partial charge in [0.1, 0.15) is 0 Å². The number of nitrogens with one attached hydrogen (secondary N) is 1. The number of hydrogen-bond acceptors (Lipinski definition) is 2. The van der Waals surface area contributed by atoms with E-state index in [4.69, 9.17) is 5.84 Å². The first kappa shape index (κ1) is 15.7. The summed E-state index contributed by atoms with van der Waals surface area (Å²) in [6.07, 6.45) is 0.865. The minimum absolute atomic E-state index is 0.0710. The van der Waals surface area contributed by atoms with E-state index >= 15 is 0 Å². The van der Waals surface area contributed by atoms with E-state index < -0.39 is 0 Å². The third kappa shape index (κ3) is 3.50. The van der Waals surface area contributed by atoms with Gasteiger partial charge >= 0.3 is 0 Å². The van der Waals surface area contributed by atoms with Crippen molar-refractivity contribution < 1.29 is 0 Å². The van der Waals surface area contributed by atoms with Crippen LogP contribution in [0, 0.1) is 13.8 Å². The molecule has 0 aromatic heterocycles. The largest absolute Gasteiger partial charge is 0.271 e. The molecule has 4 heteroatoms. The van der Waals surface area contributed by atoms with Gasteiger partial charge in [-0.25, -0.2) is 0 Å². The molecule has 0 aliphatic heterocycles. The van der Waals surface area contributed by atoms with E-state index in [9.17, 15) is 0 Å². The molecule has 2 aromatic rings. The summed E-state index contributed by atoms with van der Waals surface area (Å²) in [6, 6.07) is 12.6. The molecule has 0 fully saturated rings. The summed E-state index contributed by atoms with van der Waals surface area (Å²) in [5, 5.41) is 0. The van der Waals surface area contributed by atoms with Crippen LogP contribution in [-0.2, 0) is 6.42 Å². The van der Waals surface area contributed by atoms with E-state index in [1.165, 1.54) is 16.7 Å². The van der Waals surface area contributed by atoms with Gasteiger partial charge in [0.15, 0.2) is 0 Å². The normalized spacial score (nSPS) is 12.4. The maximum absolute atomic E-state index is 5.79. The van der Waals surface area contributed by atoms with E-state index in [0.29, 0.717) is 0 Å². The number of nitrogens with two attached hydrogens (primary N) is 1. The first-order valence-electron chi connectivity index (χ1n) is 6.49. The number of halogens is 2. The molecule has 2 rings (SSSR count). The minimum Gasteiger partial charge on any atom is -0.271 e. The second-order valence-electron chi connectivity index (χ2n) is 4.96. The van der Waals surface area contributed by atoms with Crippen molar-refractivity contribution >= 4 is 31.9 Å². The van der Waals surface area contributed by atoms with E-state index in [2.05, 4.69) is 75.4 Å². The van der Waals surface area contributed by atoms with E-state index in [-0.39, 0.29) is 6.04 Å². The Morgan fingerprint density at radius 2 is 1.75 bits per heavy atom. The topological polar surface area (TPSA) is 38.0 Å². The Morgan fingerprint density at radius 3 is 2.35 bits per heavy atom. The van der Waals surface area contributed by atoms with Gasteiger partial charge < -0.3 is 0 Å². The van der Waals surface area contributed by atoms with E-state index in [1.807, 2.05) is 12.1 Å². The van der Waals surface area contributed by atoms with Crippen LogP contribution in [0.25, 0.3) is 0 Å². The van der Waals surface area contributed by atoms with Gasteiger partial charge in [-0.2, -0.15) is 0 Å². The maximum atomic E-state index is 5.79. The van der Waals surface area contributed by atoms with Gasteiger partial charge in [0, 0.05) is 8.95 Å². The highest BCUT2D eigenvalue weighted by molar-refractivity contribution is 9.11. The molecule has 1 unspecified atom stereocenters. The van der Waals surface area contributed by atoms with Crippen molar-refractivity contribution in [2.75, 3.05) is 0 Å². The Hall–Kier alpha value is -0.680. The monoisotopic (exact) mass is 396 g/mol. The number of rotatable bonds is 4. The van der Waals surface area contributed by atoms with Crippen molar-refractivity contribution in [1.29, 1.82) is 0 Å². The summed E-state index contributed by atoms with van der Waals surface area (Å²) in [7, 11) is 0. The lowest BCUT2D eigenvalue weighted by Crippen LogP contribution is -2.30. The number of aryl methyl sites for hydroxylation is 2.